The van der Waals surface area contributed by atoms with Gasteiger partial charge in [0, 0.05) is 25.7 Å². The van der Waals surface area contributed by atoms with E-state index < -0.39 is 4.92 Å². The Kier molecular flexibility index (Phi) is 2.84. The van der Waals surface area contributed by atoms with Gasteiger partial charge in [0.1, 0.15) is 5.69 Å². The van der Waals surface area contributed by atoms with Crippen LogP contribution >= 0.6 is 0 Å². The third kappa shape index (κ3) is 1.83. The van der Waals surface area contributed by atoms with Crippen molar-refractivity contribution in [2.24, 2.45) is 7.05 Å². The van der Waals surface area contributed by atoms with Crippen LogP contribution < -0.4 is 11.1 Å². The lowest BCUT2D eigenvalue weighted by Gasteiger charge is -2.04. The molecule has 8 heteroatoms. The van der Waals surface area contributed by atoms with Crippen molar-refractivity contribution in [3.63, 3.8) is 0 Å². The Morgan fingerprint density at radius 3 is 2.72 bits per heavy atom. The second-order valence-electron chi connectivity index (χ2n) is 3.69. The van der Waals surface area contributed by atoms with Crippen LogP contribution in [-0.2, 0) is 7.05 Å². The second kappa shape index (κ2) is 4.32. The summed E-state index contributed by atoms with van der Waals surface area (Å²) in [7, 11) is 3.49. The lowest BCUT2D eigenvalue weighted by Crippen LogP contribution is -2.01. The van der Waals surface area contributed by atoms with Crippen molar-refractivity contribution in [3.8, 4) is 11.4 Å². The Labute approximate surface area is 103 Å². The molecule has 0 bridgehead atoms. The molecule has 0 spiro atoms. The van der Waals surface area contributed by atoms with Crippen molar-refractivity contribution in [1.29, 1.82) is 0 Å². The highest BCUT2D eigenvalue weighted by Gasteiger charge is 2.16. The number of hydrogen-bond donors (Lipinski definition) is 2. The number of nitrogens with two attached hydrogens (primary N) is 1. The van der Waals surface area contributed by atoms with Gasteiger partial charge in [-0.1, -0.05) is 0 Å². The number of nitrogen functional groups attached to an aromatic ring is 1. The van der Waals surface area contributed by atoms with Gasteiger partial charge in [0.15, 0.2) is 5.82 Å². The molecule has 0 saturated carbocycles. The molecule has 8 nitrogen and oxygen atoms in total. The van der Waals surface area contributed by atoms with Crippen molar-refractivity contribution in [1.82, 2.24) is 14.8 Å². The fourth-order valence-corrected chi connectivity index (χ4v) is 1.64. The second-order valence-corrected chi connectivity index (χ2v) is 3.69. The molecule has 1 aromatic carbocycles. The first kappa shape index (κ1) is 11.8. The quantitative estimate of drug-likeness (QED) is 0.476. The van der Waals surface area contributed by atoms with E-state index in [2.05, 4.69) is 15.5 Å². The van der Waals surface area contributed by atoms with Gasteiger partial charge < -0.3 is 11.1 Å². The molecule has 0 fully saturated rings. The molecule has 0 atom stereocenters. The summed E-state index contributed by atoms with van der Waals surface area (Å²) in [6.07, 6.45) is 0. The van der Waals surface area contributed by atoms with Crippen molar-refractivity contribution in [2.45, 2.75) is 0 Å². The largest absolute Gasteiger partial charge is 0.393 e. The van der Waals surface area contributed by atoms with Crippen molar-refractivity contribution < 1.29 is 4.92 Å². The summed E-state index contributed by atoms with van der Waals surface area (Å²) >= 11 is 0. The molecule has 0 aliphatic heterocycles. The first-order valence-electron chi connectivity index (χ1n) is 5.16. The van der Waals surface area contributed by atoms with Crippen molar-refractivity contribution in [2.75, 3.05) is 18.1 Å². The summed E-state index contributed by atoms with van der Waals surface area (Å²) < 4.78 is 1.70. The average molecular weight is 248 g/mol. The minimum absolute atomic E-state index is 0.125. The molecule has 1 heterocycles. The van der Waals surface area contributed by atoms with Crippen LogP contribution in [0.5, 0.6) is 0 Å². The van der Waals surface area contributed by atoms with Gasteiger partial charge in [0.2, 0.25) is 5.95 Å². The van der Waals surface area contributed by atoms with Gasteiger partial charge in [-0.2, -0.15) is 0 Å². The molecule has 0 aliphatic carbocycles. The smallest absolute Gasteiger partial charge is 0.292 e. The lowest BCUT2D eigenvalue weighted by molar-refractivity contribution is -0.383. The molecule has 1 aromatic heterocycles. The van der Waals surface area contributed by atoms with Gasteiger partial charge in [-0.3, -0.25) is 14.7 Å². The Bertz CT molecular complexity index is 606. The zero-order valence-corrected chi connectivity index (χ0v) is 9.91. The van der Waals surface area contributed by atoms with E-state index >= 15 is 0 Å². The van der Waals surface area contributed by atoms with Crippen LogP contribution in [0.15, 0.2) is 18.2 Å². The van der Waals surface area contributed by atoms with Crippen LogP contribution in [0.25, 0.3) is 11.4 Å². The minimum Gasteiger partial charge on any atom is -0.393 e. The van der Waals surface area contributed by atoms with Gasteiger partial charge in [0.05, 0.1) is 4.92 Å². The number of aromatic nitrogens is 3. The van der Waals surface area contributed by atoms with Crippen LogP contribution in [0.4, 0.5) is 17.3 Å². The standard InChI is InChI=1S/C10H12N6O2/c1-12-10-14-13-9(15(10)2)6-3-4-7(11)8(5-6)16(17)18/h3-5H,11H2,1-2H3,(H,12,14). The topological polar surface area (TPSA) is 112 Å². The van der Waals surface area contributed by atoms with Crippen LogP contribution in [0, 0.1) is 10.1 Å². The van der Waals surface area contributed by atoms with E-state index in [1.54, 1.807) is 24.7 Å². The fraction of sp³-hybridized carbons (Fsp3) is 0.200. The number of nitro groups is 1. The normalized spacial score (nSPS) is 10.3. The SMILES string of the molecule is CNc1nnc(-c2ccc(N)c([N+](=O)[O-])c2)n1C. The van der Waals surface area contributed by atoms with Crippen LogP contribution in [0.2, 0.25) is 0 Å². The maximum atomic E-state index is 10.8. The molecular formula is C10H12N6O2. The van der Waals surface area contributed by atoms with Gasteiger partial charge in [0.25, 0.3) is 5.69 Å². The number of benzene rings is 1. The number of anilines is 2. The molecule has 94 valence electrons. The van der Waals surface area contributed by atoms with Crippen LogP contribution in [0.1, 0.15) is 0 Å². The van der Waals surface area contributed by atoms with Gasteiger partial charge in [-0.15, -0.1) is 10.2 Å². The van der Waals surface area contributed by atoms with Gasteiger partial charge >= 0.3 is 0 Å². The summed E-state index contributed by atoms with van der Waals surface area (Å²) in [4.78, 5) is 10.3. The van der Waals surface area contributed by atoms with Gasteiger partial charge in [-0.05, 0) is 12.1 Å². The van der Waals surface area contributed by atoms with Crippen LogP contribution in [-0.4, -0.2) is 26.7 Å². The first-order chi connectivity index (χ1) is 8.54. The monoisotopic (exact) mass is 248 g/mol. The number of nitrogens with zero attached hydrogens (tertiary/aromatic N) is 4. The molecule has 0 aliphatic rings. The molecule has 0 saturated heterocycles. The highest BCUT2D eigenvalue weighted by Crippen LogP contribution is 2.28. The third-order valence-corrected chi connectivity index (χ3v) is 2.58. The van der Waals surface area contributed by atoms with E-state index in [1.165, 1.54) is 12.1 Å². The van der Waals surface area contributed by atoms with E-state index in [-0.39, 0.29) is 11.4 Å². The molecular weight excluding hydrogens is 236 g/mol. The van der Waals surface area contributed by atoms with Gasteiger partial charge in [-0.25, -0.2) is 0 Å². The summed E-state index contributed by atoms with van der Waals surface area (Å²) in [5, 5.41) is 21.6. The van der Waals surface area contributed by atoms with Crippen molar-refractivity contribution >= 4 is 17.3 Å². The Morgan fingerprint density at radius 2 is 2.17 bits per heavy atom. The Balaban J connectivity index is 2.54. The third-order valence-electron chi connectivity index (χ3n) is 2.58. The van der Waals surface area contributed by atoms with Crippen molar-refractivity contribution in [3.05, 3.63) is 28.3 Å². The summed E-state index contributed by atoms with van der Waals surface area (Å²) in [5.74, 6) is 1.10. The number of rotatable bonds is 3. The summed E-state index contributed by atoms with van der Waals surface area (Å²) in [5.41, 5.74) is 6.12. The number of nitrogens with one attached hydrogen (secondary N) is 1. The predicted octanol–water partition coefficient (Wildman–Crippen LogP) is 1.01. The van der Waals surface area contributed by atoms with E-state index in [4.69, 9.17) is 5.73 Å². The Hall–Kier alpha value is -2.64. The molecule has 2 rings (SSSR count). The predicted molar refractivity (Wildman–Crippen MR) is 67.1 cm³/mol. The van der Waals surface area contributed by atoms with E-state index in [0.29, 0.717) is 17.3 Å². The van der Waals surface area contributed by atoms with E-state index in [1.807, 2.05) is 0 Å². The highest BCUT2D eigenvalue weighted by molar-refractivity contribution is 5.69. The lowest BCUT2D eigenvalue weighted by atomic mass is 10.1. The highest BCUT2D eigenvalue weighted by atomic mass is 16.6. The number of nitro benzene ring substituents is 1. The van der Waals surface area contributed by atoms with E-state index in [9.17, 15) is 10.1 Å². The zero-order chi connectivity index (χ0) is 13.3. The average Bonchev–Trinajstić information content (AvgIpc) is 2.71. The molecule has 18 heavy (non-hydrogen) atoms. The van der Waals surface area contributed by atoms with E-state index in [0.717, 1.165) is 0 Å². The molecule has 0 unspecified atom stereocenters. The minimum atomic E-state index is -0.520. The maximum Gasteiger partial charge on any atom is 0.292 e. The zero-order valence-electron chi connectivity index (χ0n) is 9.91. The number of hydrogen-bond acceptors (Lipinski definition) is 6. The molecule has 2 aromatic rings. The fourth-order valence-electron chi connectivity index (χ4n) is 1.64. The molecule has 0 radical (unpaired) electrons. The first-order valence-corrected chi connectivity index (χ1v) is 5.16. The molecule has 0 amide bonds. The Morgan fingerprint density at radius 1 is 1.44 bits per heavy atom. The summed E-state index contributed by atoms with van der Waals surface area (Å²) in [6.45, 7) is 0. The molecule has 3 N–H and O–H groups in total. The van der Waals surface area contributed by atoms with Crippen LogP contribution in [0.3, 0.4) is 0 Å². The maximum absolute atomic E-state index is 10.8. The summed E-state index contributed by atoms with van der Waals surface area (Å²) in [6, 6.07) is 4.55.